The maximum absolute atomic E-state index is 12.1. The average molecular weight is 637 g/mol. The van der Waals surface area contributed by atoms with E-state index in [1.54, 1.807) is 0 Å². The number of amides is 2. The molecule has 1 aromatic rings. The zero-order valence-electron chi connectivity index (χ0n) is 26.7. The van der Waals surface area contributed by atoms with E-state index in [1.165, 1.54) is 27.7 Å². The van der Waals surface area contributed by atoms with E-state index in [-0.39, 0.29) is 19.8 Å². The Labute approximate surface area is 265 Å². The first-order valence-electron chi connectivity index (χ1n) is 15.5. The van der Waals surface area contributed by atoms with Gasteiger partial charge in [-0.05, 0) is 18.4 Å². The molecule has 45 heavy (non-hydrogen) atoms. The van der Waals surface area contributed by atoms with Crippen molar-refractivity contribution < 1.29 is 52.4 Å². The van der Waals surface area contributed by atoms with Gasteiger partial charge in [-0.15, -0.1) is 0 Å². The fourth-order valence-electron chi connectivity index (χ4n) is 4.93. The monoisotopic (exact) mass is 636 g/mol. The summed E-state index contributed by atoms with van der Waals surface area (Å²) in [6.45, 7) is 5.84. The zero-order valence-corrected chi connectivity index (χ0v) is 26.7. The highest BCUT2D eigenvalue weighted by Crippen LogP contribution is 2.25. The third kappa shape index (κ3) is 15.7. The molecule has 0 unspecified atom stereocenters. The first-order chi connectivity index (χ1) is 21.6. The normalized spacial score (nSPS) is 21.1. The average Bonchev–Trinajstić information content (AvgIpc) is 3.10. The van der Waals surface area contributed by atoms with Crippen LogP contribution in [-0.4, -0.2) is 86.7 Å². The summed E-state index contributed by atoms with van der Waals surface area (Å²) in [6.07, 6.45) is 2.18. The second-order valence-corrected chi connectivity index (χ2v) is 10.9. The van der Waals surface area contributed by atoms with Crippen LogP contribution >= 0.6 is 0 Å². The first kappa shape index (κ1) is 37.5. The minimum absolute atomic E-state index is 0.0275. The van der Waals surface area contributed by atoms with Gasteiger partial charge in [-0.25, -0.2) is 4.79 Å². The molecule has 0 aliphatic carbocycles. The fourth-order valence-corrected chi connectivity index (χ4v) is 4.93. The lowest BCUT2D eigenvalue weighted by molar-refractivity contribution is -0.182. The van der Waals surface area contributed by atoms with Crippen LogP contribution in [0.1, 0.15) is 78.2 Å². The Morgan fingerprint density at radius 1 is 0.778 bits per heavy atom. The van der Waals surface area contributed by atoms with Crippen LogP contribution in [0.4, 0.5) is 4.79 Å². The molecule has 1 aliphatic rings. The molecular formula is C32H48N2O11. The standard InChI is InChI=1S/C32H48N2O11/c1-22(35)34-29-27(20-42-28(21-41-23(2)36)30(44-24(3)37)31(29)45-25(4)38)40-18-14-9-7-5-6-8-13-17-33-32(39)43-19-26-15-11-10-12-16-26/h10-12,15-16,27-31H,5-9,13-14,17-21H2,1-4H3,(H,33,39)(H,34,35)/t27-,28+,29+,30-,31+/m0/s1. The van der Waals surface area contributed by atoms with Gasteiger partial charge < -0.3 is 39.1 Å². The summed E-state index contributed by atoms with van der Waals surface area (Å²) < 4.78 is 33.4. The van der Waals surface area contributed by atoms with E-state index < -0.39 is 60.4 Å². The molecule has 1 fully saturated rings. The van der Waals surface area contributed by atoms with Crippen molar-refractivity contribution in [3.8, 4) is 0 Å². The van der Waals surface area contributed by atoms with Crippen molar-refractivity contribution in [3.63, 3.8) is 0 Å². The molecule has 1 aliphatic heterocycles. The number of hydrogen-bond donors (Lipinski definition) is 2. The molecule has 13 heteroatoms. The van der Waals surface area contributed by atoms with Crippen LogP contribution in [-0.2, 0) is 54.2 Å². The van der Waals surface area contributed by atoms with Gasteiger partial charge in [0.25, 0.3) is 0 Å². The van der Waals surface area contributed by atoms with E-state index in [2.05, 4.69) is 10.6 Å². The van der Waals surface area contributed by atoms with Crippen molar-refractivity contribution in [2.75, 3.05) is 26.4 Å². The van der Waals surface area contributed by atoms with Crippen molar-refractivity contribution >= 4 is 29.9 Å². The SMILES string of the molecule is CC(=O)N[C@H]1[C@@H](OC(C)=O)[C@@H](OC(C)=O)[C@@H](COC(C)=O)OC[C@@H]1OCCCCCCCCCNC(=O)OCc1ccccc1. The number of ether oxygens (including phenoxy) is 6. The molecule has 13 nitrogen and oxygen atoms in total. The van der Waals surface area contributed by atoms with Crippen LogP contribution in [0.25, 0.3) is 0 Å². The Morgan fingerprint density at radius 3 is 2.02 bits per heavy atom. The van der Waals surface area contributed by atoms with Crippen molar-refractivity contribution in [2.45, 2.75) is 110 Å². The number of rotatable bonds is 18. The summed E-state index contributed by atoms with van der Waals surface area (Å²) in [4.78, 5) is 59.4. The number of benzene rings is 1. The molecule has 0 spiro atoms. The maximum atomic E-state index is 12.1. The lowest BCUT2D eigenvalue weighted by atomic mass is 9.97. The van der Waals surface area contributed by atoms with Gasteiger partial charge in [0.1, 0.15) is 25.4 Å². The molecule has 1 aromatic carbocycles. The molecule has 2 amide bonds. The van der Waals surface area contributed by atoms with Crippen LogP contribution in [0, 0.1) is 0 Å². The molecule has 1 heterocycles. The van der Waals surface area contributed by atoms with Gasteiger partial charge in [-0.3, -0.25) is 19.2 Å². The number of unbranched alkanes of at least 4 members (excludes halogenated alkanes) is 6. The van der Waals surface area contributed by atoms with Gasteiger partial charge >= 0.3 is 24.0 Å². The summed E-state index contributed by atoms with van der Waals surface area (Å²) in [7, 11) is 0. The Hall–Kier alpha value is -3.71. The highest BCUT2D eigenvalue weighted by molar-refractivity contribution is 5.73. The molecule has 2 N–H and O–H groups in total. The van der Waals surface area contributed by atoms with Crippen LogP contribution < -0.4 is 10.6 Å². The highest BCUT2D eigenvalue weighted by atomic mass is 16.6. The maximum Gasteiger partial charge on any atom is 0.407 e. The molecule has 2 rings (SSSR count). The number of alkyl carbamates (subject to hydrolysis) is 1. The lowest BCUT2D eigenvalue weighted by Crippen LogP contribution is -2.58. The van der Waals surface area contributed by atoms with E-state index in [4.69, 9.17) is 28.4 Å². The summed E-state index contributed by atoms with van der Waals surface area (Å²) in [6, 6.07) is 8.63. The minimum atomic E-state index is -1.16. The zero-order chi connectivity index (χ0) is 33.0. The lowest BCUT2D eigenvalue weighted by Gasteiger charge is -2.35. The van der Waals surface area contributed by atoms with E-state index in [0.717, 1.165) is 50.5 Å². The van der Waals surface area contributed by atoms with Gasteiger partial charge in [0.2, 0.25) is 5.91 Å². The van der Waals surface area contributed by atoms with E-state index in [1.807, 2.05) is 30.3 Å². The smallest absolute Gasteiger partial charge is 0.407 e. The fraction of sp³-hybridized carbons (Fsp3) is 0.656. The predicted octanol–water partition coefficient (Wildman–Crippen LogP) is 3.36. The third-order valence-electron chi connectivity index (χ3n) is 6.98. The predicted molar refractivity (Wildman–Crippen MR) is 162 cm³/mol. The van der Waals surface area contributed by atoms with Crippen LogP contribution in [0.5, 0.6) is 0 Å². The minimum Gasteiger partial charge on any atom is -0.463 e. The third-order valence-corrected chi connectivity index (χ3v) is 6.98. The van der Waals surface area contributed by atoms with E-state index >= 15 is 0 Å². The summed E-state index contributed by atoms with van der Waals surface area (Å²) in [5, 5.41) is 5.54. The molecule has 0 bridgehead atoms. The van der Waals surface area contributed by atoms with Gasteiger partial charge in [0.15, 0.2) is 12.2 Å². The summed E-state index contributed by atoms with van der Waals surface area (Å²) in [5.74, 6) is -2.27. The molecule has 0 aromatic heterocycles. The molecule has 0 saturated carbocycles. The first-order valence-corrected chi connectivity index (χ1v) is 15.5. The Kier molecular flexibility index (Phi) is 17.6. The van der Waals surface area contributed by atoms with Gasteiger partial charge in [-0.1, -0.05) is 62.4 Å². The van der Waals surface area contributed by atoms with E-state index in [0.29, 0.717) is 13.2 Å². The quantitative estimate of drug-likeness (QED) is 0.138. The van der Waals surface area contributed by atoms with E-state index in [9.17, 15) is 24.0 Å². The molecular weight excluding hydrogens is 588 g/mol. The molecule has 252 valence electrons. The summed E-state index contributed by atoms with van der Waals surface area (Å²) >= 11 is 0. The Balaban J connectivity index is 1.77. The van der Waals surface area contributed by atoms with Crippen LogP contribution in [0.15, 0.2) is 30.3 Å². The number of nitrogens with one attached hydrogen (secondary N) is 2. The topological polar surface area (TPSA) is 165 Å². The summed E-state index contributed by atoms with van der Waals surface area (Å²) in [5.41, 5.74) is 0.942. The van der Waals surface area contributed by atoms with Crippen molar-refractivity contribution in [2.24, 2.45) is 0 Å². The Bertz CT molecular complexity index is 1070. The highest BCUT2D eigenvalue weighted by Gasteiger charge is 2.48. The van der Waals surface area contributed by atoms with Crippen LogP contribution in [0.2, 0.25) is 0 Å². The number of esters is 3. The molecule has 5 atom stereocenters. The number of hydrogen-bond acceptors (Lipinski definition) is 11. The second-order valence-electron chi connectivity index (χ2n) is 10.9. The van der Waals surface area contributed by atoms with Gasteiger partial charge in [-0.2, -0.15) is 0 Å². The number of carbonyl (C=O) groups excluding carboxylic acids is 5. The number of carbonyl (C=O) groups is 5. The van der Waals surface area contributed by atoms with Gasteiger partial charge in [0.05, 0.1) is 12.6 Å². The molecule has 0 radical (unpaired) electrons. The van der Waals surface area contributed by atoms with Crippen molar-refractivity contribution in [1.82, 2.24) is 10.6 Å². The van der Waals surface area contributed by atoms with Crippen molar-refractivity contribution in [3.05, 3.63) is 35.9 Å². The second kappa shape index (κ2) is 21.1. The largest absolute Gasteiger partial charge is 0.463 e. The van der Waals surface area contributed by atoms with Crippen LogP contribution in [0.3, 0.4) is 0 Å². The van der Waals surface area contributed by atoms with Crippen molar-refractivity contribution in [1.29, 1.82) is 0 Å². The Morgan fingerprint density at radius 2 is 1.40 bits per heavy atom. The molecule has 1 saturated heterocycles. The van der Waals surface area contributed by atoms with Gasteiger partial charge in [0, 0.05) is 40.8 Å².